The van der Waals surface area contributed by atoms with E-state index in [0.717, 1.165) is 43.2 Å². The first-order valence-electron chi connectivity index (χ1n) is 11.1. The van der Waals surface area contributed by atoms with E-state index in [0.29, 0.717) is 5.69 Å². The van der Waals surface area contributed by atoms with E-state index in [1.54, 1.807) is 6.07 Å². The maximum atomic E-state index is 13.1. The minimum atomic E-state index is -3.84. The van der Waals surface area contributed by atoms with E-state index in [4.69, 9.17) is 4.74 Å². The molecule has 6 nitrogen and oxygen atoms in total. The summed E-state index contributed by atoms with van der Waals surface area (Å²) < 4.78 is 34.4. The van der Waals surface area contributed by atoms with Gasteiger partial charge in [0.1, 0.15) is 10.6 Å². The van der Waals surface area contributed by atoms with Crippen LogP contribution in [0.15, 0.2) is 77.7 Å². The van der Waals surface area contributed by atoms with Gasteiger partial charge in [0.15, 0.2) is 0 Å². The second kappa shape index (κ2) is 10.2. The number of sulfonamides is 1. The van der Waals surface area contributed by atoms with Gasteiger partial charge in [-0.1, -0.05) is 67.8 Å². The van der Waals surface area contributed by atoms with E-state index in [-0.39, 0.29) is 22.3 Å². The summed E-state index contributed by atoms with van der Waals surface area (Å²) in [5, 5.41) is 2.93. The Morgan fingerprint density at radius 3 is 2.33 bits per heavy atom. The largest absolute Gasteiger partial charge is 0.495 e. The first-order valence-corrected chi connectivity index (χ1v) is 12.6. The Morgan fingerprint density at radius 2 is 1.61 bits per heavy atom. The summed E-state index contributed by atoms with van der Waals surface area (Å²) in [5.41, 5.74) is 2.74. The lowest BCUT2D eigenvalue weighted by molar-refractivity contribution is 0.102. The van der Waals surface area contributed by atoms with Gasteiger partial charge in [0, 0.05) is 22.9 Å². The van der Waals surface area contributed by atoms with Crippen LogP contribution in [0.25, 0.3) is 11.1 Å². The third kappa shape index (κ3) is 5.43. The van der Waals surface area contributed by atoms with Gasteiger partial charge in [-0.05, 0) is 42.7 Å². The molecule has 1 aliphatic rings. The average molecular weight is 465 g/mol. The van der Waals surface area contributed by atoms with Crippen molar-refractivity contribution in [3.63, 3.8) is 0 Å². The summed E-state index contributed by atoms with van der Waals surface area (Å²) >= 11 is 0. The summed E-state index contributed by atoms with van der Waals surface area (Å²) in [6.45, 7) is 0. The normalized spacial score (nSPS) is 14.6. The molecule has 172 valence electrons. The van der Waals surface area contributed by atoms with E-state index in [1.807, 2.05) is 54.6 Å². The third-order valence-electron chi connectivity index (χ3n) is 5.90. The molecule has 0 aromatic heterocycles. The van der Waals surface area contributed by atoms with Gasteiger partial charge in [-0.15, -0.1) is 0 Å². The van der Waals surface area contributed by atoms with E-state index >= 15 is 0 Å². The standard InChI is InChI=1S/C26H28N2O4S/c1-32-24-17-16-20(18-25(24)33(30,31)28-21-12-6-3-7-13-21)26(29)27-23-15-9-8-14-22(23)19-10-4-2-5-11-19/h2,4-5,8-11,14-18,21,28H,3,6-7,12-13H2,1H3,(H,27,29). The number of anilines is 1. The van der Waals surface area contributed by atoms with Crippen LogP contribution in [0.2, 0.25) is 0 Å². The van der Waals surface area contributed by atoms with Crippen molar-refractivity contribution in [1.29, 1.82) is 0 Å². The SMILES string of the molecule is COc1ccc(C(=O)Nc2ccccc2-c2ccccc2)cc1S(=O)(=O)NC1CCCCC1. The fraction of sp³-hybridized carbons (Fsp3) is 0.269. The Labute approximate surface area is 195 Å². The van der Waals surface area contributed by atoms with Crippen molar-refractivity contribution in [3.8, 4) is 16.9 Å². The number of benzene rings is 3. The highest BCUT2D eigenvalue weighted by Gasteiger charge is 2.26. The van der Waals surface area contributed by atoms with Gasteiger partial charge >= 0.3 is 0 Å². The minimum absolute atomic E-state index is 0.0282. The molecule has 1 saturated carbocycles. The van der Waals surface area contributed by atoms with E-state index < -0.39 is 15.9 Å². The highest BCUT2D eigenvalue weighted by Crippen LogP contribution is 2.30. The molecule has 7 heteroatoms. The van der Waals surface area contributed by atoms with Crippen LogP contribution in [-0.2, 0) is 10.0 Å². The zero-order chi connectivity index (χ0) is 23.3. The quantitative estimate of drug-likeness (QED) is 0.502. The van der Waals surface area contributed by atoms with Crippen molar-refractivity contribution in [2.75, 3.05) is 12.4 Å². The third-order valence-corrected chi connectivity index (χ3v) is 7.44. The van der Waals surface area contributed by atoms with E-state index in [1.165, 1.54) is 19.2 Å². The Morgan fingerprint density at radius 1 is 0.909 bits per heavy atom. The summed E-state index contributed by atoms with van der Waals surface area (Å²) in [6.07, 6.45) is 4.78. The second-order valence-electron chi connectivity index (χ2n) is 8.19. The van der Waals surface area contributed by atoms with Crippen LogP contribution in [0.1, 0.15) is 42.5 Å². The number of amides is 1. The van der Waals surface area contributed by atoms with Crippen molar-refractivity contribution in [2.24, 2.45) is 0 Å². The number of rotatable bonds is 7. The van der Waals surface area contributed by atoms with Crippen LogP contribution in [0.4, 0.5) is 5.69 Å². The van der Waals surface area contributed by atoms with Gasteiger partial charge in [0.2, 0.25) is 10.0 Å². The number of nitrogens with one attached hydrogen (secondary N) is 2. The van der Waals surface area contributed by atoms with Gasteiger partial charge in [-0.2, -0.15) is 0 Å². The van der Waals surface area contributed by atoms with E-state index in [2.05, 4.69) is 10.0 Å². The van der Waals surface area contributed by atoms with Crippen LogP contribution >= 0.6 is 0 Å². The molecule has 0 unspecified atom stereocenters. The highest BCUT2D eigenvalue weighted by atomic mass is 32.2. The molecule has 4 rings (SSSR count). The Kier molecular flexibility index (Phi) is 7.11. The number of hydrogen-bond donors (Lipinski definition) is 2. The molecular formula is C26H28N2O4S. The number of ether oxygens (including phenoxy) is 1. The Bertz CT molecular complexity index is 1220. The first kappa shape index (κ1) is 23.0. The number of hydrogen-bond acceptors (Lipinski definition) is 4. The fourth-order valence-electron chi connectivity index (χ4n) is 4.19. The number of carbonyl (C=O) groups excluding carboxylic acids is 1. The highest BCUT2D eigenvalue weighted by molar-refractivity contribution is 7.89. The molecule has 1 aliphatic carbocycles. The topological polar surface area (TPSA) is 84.5 Å². The first-order chi connectivity index (χ1) is 16.0. The monoisotopic (exact) mass is 464 g/mol. The molecule has 0 atom stereocenters. The molecule has 0 saturated heterocycles. The summed E-state index contributed by atoms with van der Waals surface area (Å²) in [5.74, 6) is -0.185. The summed E-state index contributed by atoms with van der Waals surface area (Å²) in [6, 6.07) is 21.6. The minimum Gasteiger partial charge on any atom is -0.495 e. The predicted molar refractivity (Wildman–Crippen MR) is 130 cm³/mol. The second-order valence-corrected chi connectivity index (χ2v) is 9.87. The summed E-state index contributed by atoms with van der Waals surface area (Å²) in [4.78, 5) is 13.1. The van der Waals surface area contributed by atoms with Gasteiger partial charge < -0.3 is 10.1 Å². The lowest BCUT2D eigenvalue weighted by Crippen LogP contribution is -2.36. The van der Waals surface area contributed by atoms with Crippen molar-refractivity contribution in [1.82, 2.24) is 4.72 Å². The lowest BCUT2D eigenvalue weighted by Gasteiger charge is -2.23. The molecule has 0 bridgehead atoms. The lowest BCUT2D eigenvalue weighted by atomic mass is 9.96. The van der Waals surface area contributed by atoms with Crippen LogP contribution in [0, 0.1) is 0 Å². The van der Waals surface area contributed by atoms with Crippen molar-refractivity contribution in [2.45, 2.75) is 43.0 Å². The molecule has 33 heavy (non-hydrogen) atoms. The molecule has 3 aromatic carbocycles. The number of carbonyl (C=O) groups is 1. The predicted octanol–water partition coefficient (Wildman–Crippen LogP) is 5.23. The maximum absolute atomic E-state index is 13.1. The number of methoxy groups -OCH3 is 1. The van der Waals surface area contributed by atoms with E-state index in [9.17, 15) is 13.2 Å². The molecule has 0 heterocycles. The number of para-hydroxylation sites is 1. The van der Waals surface area contributed by atoms with Crippen molar-refractivity contribution in [3.05, 3.63) is 78.4 Å². The van der Waals surface area contributed by atoms with Crippen molar-refractivity contribution >= 4 is 21.6 Å². The molecule has 1 fully saturated rings. The zero-order valence-corrected chi connectivity index (χ0v) is 19.4. The maximum Gasteiger partial charge on any atom is 0.255 e. The zero-order valence-electron chi connectivity index (χ0n) is 18.6. The van der Waals surface area contributed by atoms with Gasteiger partial charge in [-0.3, -0.25) is 4.79 Å². The van der Waals surface area contributed by atoms with Crippen LogP contribution in [0.3, 0.4) is 0 Å². The Balaban J connectivity index is 1.61. The molecule has 2 N–H and O–H groups in total. The van der Waals surface area contributed by atoms with Gasteiger partial charge in [0.05, 0.1) is 7.11 Å². The average Bonchev–Trinajstić information content (AvgIpc) is 2.85. The molecule has 1 amide bonds. The fourth-order valence-corrected chi connectivity index (χ4v) is 5.69. The summed E-state index contributed by atoms with van der Waals surface area (Å²) in [7, 11) is -2.42. The molecule has 0 aliphatic heterocycles. The van der Waals surface area contributed by atoms with Gasteiger partial charge in [0.25, 0.3) is 5.91 Å². The molecule has 0 spiro atoms. The Hall–Kier alpha value is -3.16. The van der Waals surface area contributed by atoms with Gasteiger partial charge in [-0.25, -0.2) is 13.1 Å². The molecule has 0 radical (unpaired) electrons. The van der Waals surface area contributed by atoms with Crippen LogP contribution < -0.4 is 14.8 Å². The van der Waals surface area contributed by atoms with Crippen LogP contribution in [0.5, 0.6) is 5.75 Å². The molecular weight excluding hydrogens is 436 g/mol. The smallest absolute Gasteiger partial charge is 0.255 e. The van der Waals surface area contributed by atoms with Crippen LogP contribution in [-0.4, -0.2) is 27.5 Å². The molecule has 3 aromatic rings. The van der Waals surface area contributed by atoms with Crippen molar-refractivity contribution < 1.29 is 17.9 Å².